The number of nitrogens with zero attached hydrogens (tertiary/aromatic N) is 1. The minimum atomic E-state index is 0.396. The van der Waals surface area contributed by atoms with E-state index in [0.717, 1.165) is 35.5 Å². The highest BCUT2D eigenvalue weighted by Gasteiger charge is 2.52. The first-order valence-electron chi connectivity index (χ1n) is 8.12. The van der Waals surface area contributed by atoms with Crippen molar-refractivity contribution in [3.8, 4) is 0 Å². The highest BCUT2D eigenvalue weighted by atomic mass is 79.9. The van der Waals surface area contributed by atoms with Crippen LogP contribution in [0.1, 0.15) is 44.9 Å². The van der Waals surface area contributed by atoms with E-state index < -0.39 is 0 Å². The van der Waals surface area contributed by atoms with E-state index in [1.54, 1.807) is 0 Å². The first-order chi connectivity index (χ1) is 9.26. The Kier molecular flexibility index (Phi) is 3.17. The minimum Gasteiger partial charge on any atom is -0.339 e. The summed E-state index contributed by atoms with van der Waals surface area (Å²) in [5.41, 5.74) is 0. The molecule has 5 saturated carbocycles. The maximum absolute atomic E-state index is 13.0. The van der Waals surface area contributed by atoms with E-state index in [2.05, 4.69) is 20.8 Å². The molecular formula is C16H24BrNO. The summed E-state index contributed by atoms with van der Waals surface area (Å²) < 4.78 is 0. The average molecular weight is 326 g/mol. The van der Waals surface area contributed by atoms with Crippen LogP contribution in [0.25, 0.3) is 0 Å². The van der Waals surface area contributed by atoms with Gasteiger partial charge in [-0.3, -0.25) is 4.79 Å². The van der Waals surface area contributed by atoms with Crippen molar-refractivity contribution in [1.29, 1.82) is 0 Å². The number of hydrogen-bond donors (Lipinski definition) is 0. The largest absolute Gasteiger partial charge is 0.339 e. The van der Waals surface area contributed by atoms with Crippen LogP contribution >= 0.6 is 15.9 Å². The highest BCUT2D eigenvalue weighted by molar-refractivity contribution is 9.09. The van der Waals surface area contributed by atoms with Gasteiger partial charge in [0.2, 0.25) is 5.91 Å². The molecule has 3 heteroatoms. The lowest BCUT2D eigenvalue weighted by atomic mass is 9.51. The molecule has 0 aliphatic heterocycles. The first kappa shape index (κ1) is 12.7. The summed E-state index contributed by atoms with van der Waals surface area (Å²) in [6, 6.07) is 0.585. The SMILES string of the molecule is O=C(C1C2CC3CC(C2)CC1C3)N(CCBr)C1CC1. The Morgan fingerprint density at radius 2 is 1.58 bits per heavy atom. The number of halogens is 1. The van der Waals surface area contributed by atoms with Crippen molar-refractivity contribution >= 4 is 21.8 Å². The van der Waals surface area contributed by atoms with Gasteiger partial charge in [-0.2, -0.15) is 0 Å². The summed E-state index contributed by atoms with van der Waals surface area (Å²) >= 11 is 3.52. The Balaban J connectivity index is 1.53. The minimum absolute atomic E-state index is 0.396. The zero-order valence-corrected chi connectivity index (χ0v) is 13.1. The molecule has 5 fully saturated rings. The smallest absolute Gasteiger partial charge is 0.226 e. The zero-order chi connectivity index (χ0) is 13.0. The summed E-state index contributed by atoms with van der Waals surface area (Å²) in [5, 5.41) is 0.933. The molecule has 0 N–H and O–H groups in total. The quantitative estimate of drug-likeness (QED) is 0.725. The lowest BCUT2D eigenvalue weighted by molar-refractivity contribution is -0.149. The van der Waals surface area contributed by atoms with Gasteiger partial charge in [0.15, 0.2) is 0 Å². The monoisotopic (exact) mass is 325 g/mol. The fourth-order valence-electron chi connectivity index (χ4n) is 5.47. The maximum atomic E-state index is 13.0. The van der Waals surface area contributed by atoms with E-state index in [1.165, 1.54) is 44.9 Å². The van der Waals surface area contributed by atoms with Crippen molar-refractivity contribution in [3.05, 3.63) is 0 Å². The summed E-state index contributed by atoms with van der Waals surface area (Å²) in [5.74, 6) is 4.33. The van der Waals surface area contributed by atoms with E-state index in [9.17, 15) is 4.79 Å². The molecule has 5 rings (SSSR count). The van der Waals surface area contributed by atoms with E-state index in [-0.39, 0.29) is 0 Å². The molecule has 19 heavy (non-hydrogen) atoms. The third kappa shape index (κ3) is 2.16. The Labute approximate surface area is 124 Å². The summed E-state index contributed by atoms with van der Waals surface area (Å²) in [7, 11) is 0. The number of carbonyl (C=O) groups excluding carboxylic acids is 1. The highest BCUT2D eigenvalue weighted by Crippen LogP contribution is 2.57. The third-order valence-electron chi connectivity index (χ3n) is 6.11. The summed E-state index contributed by atoms with van der Waals surface area (Å²) in [4.78, 5) is 15.2. The molecule has 0 radical (unpaired) electrons. The molecule has 0 heterocycles. The van der Waals surface area contributed by atoms with Crippen LogP contribution in [0.15, 0.2) is 0 Å². The molecule has 2 nitrogen and oxygen atoms in total. The fraction of sp³-hybridized carbons (Fsp3) is 0.938. The molecule has 5 aliphatic carbocycles. The molecule has 0 unspecified atom stereocenters. The van der Waals surface area contributed by atoms with Crippen LogP contribution in [-0.4, -0.2) is 28.7 Å². The third-order valence-corrected chi connectivity index (χ3v) is 6.46. The van der Waals surface area contributed by atoms with Crippen LogP contribution in [0.3, 0.4) is 0 Å². The lowest BCUT2D eigenvalue weighted by Gasteiger charge is -2.54. The van der Waals surface area contributed by atoms with Crippen LogP contribution in [0, 0.1) is 29.6 Å². The second-order valence-corrected chi connectivity index (χ2v) is 8.20. The summed E-state index contributed by atoms with van der Waals surface area (Å²) in [6.07, 6.45) is 9.39. The lowest BCUT2D eigenvalue weighted by Crippen LogP contribution is -2.52. The normalized spacial score (nSPS) is 43.5. The molecular weight excluding hydrogens is 302 g/mol. The van der Waals surface area contributed by atoms with Crippen molar-refractivity contribution in [1.82, 2.24) is 4.90 Å². The molecule has 0 aromatic rings. The van der Waals surface area contributed by atoms with Crippen molar-refractivity contribution < 1.29 is 4.79 Å². The van der Waals surface area contributed by atoms with Crippen LogP contribution in [0.4, 0.5) is 0 Å². The van der Waals surface area contributed by atoms with Gasteiger partial charge in [0, 0.05) is 23.8 Å². The predicted molar refractivity (Wildman–Crippen MR) is 79.1 cm³/mol. The Hall–Kier alpha value is -0.0500. The number of amides is 1. The van der Waals surface area contributed by atoms with E-state index in [4.69, 9.17) is 0 Å². The van der Waals surface area contributed by atoms with Gasteiger partial charge < -0.3 is 4.90 Å². The van der Waals surface area contributed by atoms with Crippen LogP contribution in [0.5, 0.6) is 0 Å². The van der Waals surface area contributed by atoms with Crippen molar-refractivity contribution in [2.75, 3.05) is 11.9 Å². The van der Waals surface area contributed by atoms with E-state index in [0.29, 0.717) is 17.9 Å². The van der Waals surface area contributed by atoms with E-state index >= 15 is 0 Å². The standard InChI is InChI=1S/C16H24BrNO/c17-3-4-18(14-1-2-14)16(19)15-12-6-10-5-11(8-12)9-13(15)7-10/h10-15H,1-9H2. The van der Waals surface area contributed by atoms with Gasteiger partial charge >= 0.3 is 0 Å². The van der Waals surface area contributed by atoms with Gasteiger partial charge in [-0.05, 0) is 68.6 Å². The van der Waals surface area contributed by atoms with Gasteiger partial charge in [-0.25, -0.2) is 0 Å². The molecule has 106 valence electrons. The zero-order valence-electron chi connectivity index (χ0n) is 11.6. The molecule has 0 aromatic carbocycles. The Morgan fingerprint density at radius 3 is 2.05 bits per heavy atom. The number of carbonyl (C=O) groups is 1. The average Bonchev–Trinajstić information content (AvgIpc) is 3.18. The van der Waals surface area contributed by atoms with Gasteiger partial charge in [-0.15, -0.1) is 0 Å². The Morgan fingerprint density at radius 1 is 1.00 bits per heavy atom. The van der Waals surface area contributed by atoms with Crippen molar-refractivity contribution in [2.45, 2.75) is 51.0 Å². The van der Waals surface area contributed by atoms with Crippen molar-refractivity contribution in [2.24, 2.45) is 29.6 Å². The molecule has 5 aliphatic rings. The van der Waals surface area contributed by atoms with Crippen LogP contribution in [0.2, 0.25) is 0 Å². The van der Waals surface area contributed by atoms with Gasteiger partial charge in [0.1, 0.15) is 0 Å². The molecule has 0 atom stereocenters. The molecule has 0 spiro atoms. The molecule has 0 aromatic heterocycles. The van der Waals surface area contributed by atoms with Crippen molar-refractivity contribution in [3.63, 3.8) is 0 Å². The van der Waals surface area contributed by atoms with Crippen LogP contribution in [-0.2, 0) is 4.79 Å². The van der Waals surface area contributed by atoms with Gasteiger partial charge in [-0.1, -0.05) is 15.9 Å². The maximum Gasteiger partial charge on any atom is 0.226 e. The number of hydrogen-bond acceptors (Lipinski definition) is 1. The second kappa shape index (κ2) is 4.75. The second-order valence-electron chi connectivity index (χ2n) is 7.41. The van der Waals surface area contributed by atoms with Gasteiger partial charge in [0.25, 0.3) is 0 Å². The molecule has 4 bridgehead atoms. The van der Waals surface area contributed by atoms with Crippen LogP contribution < -0.4 is 0 Å². The van der Waals surface area contributed by atoms with Gasteiger partial charge in [0.05, 0.1) is 0 Å². The topological polar surface area (TPSA) is 20.3 Å². The summed E-state index contributed by atoms with van der Waals surface area (Å²) in [6.45, 7) is 0.923. The first-order valence-corrected chi connectivity index (χ1v) is 9.25. The molecule has 0 saturated heterocycles. The van der Waals surface area contributed by atoms with E-state index in [1.807, 2.05) is 0 Å². The number of rotatable bonds is 4. The predicted octanol–water partition coefficient (Wildman–Crippen LogP) is 3.44. The Bertz CT molecular complexity index is 351. The molecule has 1 amide bonds. The number of alkyl halides is 1. The fourth-order valence-corrected chi connectivity index (χ4v) is 5.85.